The number of nitrogens with zero attached hydrogens (tertiary/aromatic N) is 5. The molecule has 1 aromatic rings. The van der Waals surface area contributed by atoms with Crippen LogP contribution in [-0.4, -0.2) is 87.8 Å². The lowest BCUT2D eigenvalue weighted by atomic mass is 10.1. The molecule has 2 aliphatic heterocycles. The topological polar surface area (TPSA) is 44.6 Å². The van der Waals surface area contributed by atoms with Crippen LogP contribution in [0.1, 0.15) is 26.7 Å². The van der Waals surface area contributed by atoms with Gasteiger partial charge in [0.25, 0.3) is 0 Å². The first-order valence-electron chi connectivity index (χ1n) is 9.95. The van der Waals surface area contributed by atoms with Gasteiger partial charge in [-0.3, -0.25) is 9.69 Å². The molecule has 3 heterocycles. The smallest absolute Gasteiger partial charge is 0.240 e. The third kappa shape index (κ3) is 5.15. The third-order valence-corrected chi connectivity index (χ3v) is 6.95. The van der Waals surface area contributed by atoms with Gasteiger partial charge in [-0.1, -0.05) is 23.4 Å². The van der Waals surface area contributed by atoms with Crippen LogP contribution in [0.25, 0.3) is 0 Å². The van der Waals surface area contributed by atoms with Crippen LogP contribution in [0.3, 0.4) is 0 Å². The van der Waals surface area contributed by atoms with Crippen LogP contribution in [-0.2, 0) is 11.8 Å². The summed E-state index contributed by atoms with van der Waals surface area (Å²) in [6.07, 6.45) is 7.94. The summed E-state index contributed by atoms with van der Waals surface area (Å²) in [7, 11) is 4.17. The Morgan fingerprint density at radius 1 is 1.30 bits per heavy atom. The molecule has 150 valence electrons. The Bertz CT molecular complexity index is 673. The number of hydrogen-bond donors (Lipinski definition) is 0. The van der Waals surface area contributed by atoms with Gasteiger partial charge in [0.15, 0.2) is 5.16 Å². The van der Waals surface area contributed by atoms with Crippen molar-refractivity contribution < 1.29 is 4.79 Å². The minimum Gasteiger partial charge on any atom is -0.340 e. The van der Waals surface area contributed by atoms with Crippen molar-refractivity contribution in [3.05, 3.63) is 24.0 Å². The van der Waals surface area contributed by atoms with Gasteiger partial charge in [0.1, 0.15) is 0 Å². The molecule has 2 fully saturated rings. The van der Waals surface area contributed by atoms with Crippen molar-refractivity contribution in [1.29, 1.82) is 0 Å². The summed E-state index contributed by atoms with van der Waals surface area (Å²) < 4.78 is 2.06. The van der Waals surface area contributed by atoms with E-state index in [1.165, 1.54) is 5.57 Å². The Kier molecular flexibility index (Phi) is 7.00. The molecule has 0 saturated carbocycles. The van der Waals surface area contributed by atoms with Crippen LogP contribution >= 0.6 is 11.8 Å². The van der Waals surface area contributed by atoms with Gasteiger partial charge in [-0.2, -0.15) is 0 Å². The second kappa shape index (κ2) is 9.26. The first-order valence-corrected chi connectivity index (χ1v) is 10.8. The maximum absolute atomic E-state index is 13.4. The highest BCUT2D eigenvalue weighted by Gasteiger charge is 2.39. The fourth-order valence-corrected chi connectivity index (χ4v) is 5.07. The molecule has 0 bridgehead atoms. The predicted molar refractivity (Wildman–Crippen MR) is 111 cm³/mol. The first-order chi connectivity index (χ1) is 13.0. The van der Waals surface area contributed by atoms with Crippen molar-refractivity contribution in [2.75, 3.05) is 46.3 Å². The number of aromatic nitrogens is 2. The van der Waals surface area contributed by atoms with Crippen molar-refractivity contribution in [2.24, 2.45) is 7.05 Å². The zero-order valence-electron chi connectivity index (χ0n) is 17.1. The summed E-state index contributed by atoms with van der Waals surface area (Å²) in [5.41, 5.74) is 1.33. The van der Waals surface area contributed by atoms with Crippen molar-refractivity contribution in [3.63, 3.8) is 0 Å². The zero-order valence-corrected chi connectivity index (χ0v) is 17.9. The standard InChI is InChI=1S/C20H33N5OS/c1-5-16(2)14-25-15-17(27-20-21-7-10-23(20)4)13-18(25)19(26)24-9-6-8-22(3)11-12-24/h5,7,10,17-18H,6,8-9,11-15H2,1-4H3/t17-,18+/m1/s1. The van der Waals surface area contributed by atoms with Gasteiger partial charge in [-0.15, -0.1) is 0 Å². The molecule has 0 aromatic carbocycles. The fourth-order valence-electron chi connectivity index (χ4n) is 3.88. The van der Waals surface area contributed by atoms with Crippen LogP contribution in [0.2, 0.25) is 0 Å². The van der Waals surface area contributed by atoms with E-state index in [0.717, 1.165) is 57.3 Å². The Hall–Kier alpha value is -1.31. The summed E-state index contributed by atoms with van der Waals surface area (Å²) in [4.78, 5) is 24.6. The van der Waals surface area contributed by atoms with E-state index < -0.39 is 0 Å². The minimum atomic E-state index is -0.0129. The van der Waals surface area contributed by atoms with Crippen molar-refractivity contribution in [3.8, 4) is 0 Å². The van der Waals surface area contributed by atoms with Gasteiger partial charge in [0.2, 0.25) is 5.91 Å². The number of carbonyl (C=O) groups excluding carboxylic acids is 1. The van der Waals surface area contributed by atoms with E-state index in [9.17, 15) is 4.79 Å². The summed E-state index contributed by atoms with van der Waals surface area (Å²) in [5, 5.41) is 1.44. The number of aryl methyl sites for hydroxylation is 1. The Morgan fingerprint density at radius 2 is 2.11 bits per heavy atom. The van der Waals surface area contributed by atoms with E-state index in [2.05, 4.69) is 51.2 Å². The Balaban J connectivity index is 1.71. The van der Waals surface area contributed by atoms with Gasteiger partial charge in [-0.05, 0) is 40.3 Å². The average Bonchev–Trinajstić information content (AvgIpc) is 3.16. The molecule has 0 radical (unpaired) electrons. The fraction of sp³-hybridized carbons (Fsp3) is 0.700. The number of amides is 1. The van der Waals surface area contributed by atoms with Crippen molar-refractivity contribution in [2.45, 2.75) is 43.1 Å². The molecule has 1 aromatic heterocycles. The van der Waals surface area contributed by atoms with E-state index in [1.807, 2.05) is 19.4 Å². The molecule has 0 unspecified atom stereocenters. The number of allylic oxidation sites excluding steroid dienone is 1. The number of likely N-dealkylation sites (N-methyl/N-ethyl adjacent to an activating group) is 1. The Morgan fingerprint density at radius 3 is 2.81 bits per heavy atom. The molecule has 2 saturated heterocycles. The number of thioether (sulfide) groups is 1. The molecule has 2 atom stereocenters. The summed E-state index contributed by atoms with van der Waals surface area (Å²) in [6.45, 7) is 9.82. The third-order valence-electron chi connectivity index (χ3n) is 5.68. The number of imidazole rings is 1. The minimum absolute atomic E-state index is 0.0129. The SMILES string of the molecule is CC=C(C)CN1C[C@H](Sc2nccn2C)C[C@H]1C(=O)N1CCCN(C)CC1. The van der Waals surface area contributed by atoms with Gasteiger partial charge in [-0.25, -0.2) is 4.98 Å². The zero-order chi connectivity index (χ0) is 19.4. The molecule has 6 nitrogen and oxygen atoms in total. The molecule has 0 N–H and O–H groups in total. The highest BCUT2D eigenvalue weighted by molar-refractivity contribution is 7.99. The maximum Gasteiger partial charge on any atom is 0.240 e. The summed E-state index contributed by atoms with van der Waals surface area (Å²) >= 11 is 1.81. The lowest BCUT2D eigenvalue weighted by Crippen LogP contribution is -2.47. The number of carbonyl (C=O) groups is 1. The average molecular weight is 392 g/mol. The van der Waals surface area contributed by atoms with E-state index in [0.29, 0.717) is 11.2 Å². The Labute approximate surface area is 167 Å². The van der Waals surface area contributed by atoms with E-state index in [4.69, 9.17) is 0 Å². The van der Waals surface area contributed by atoms with Crippen LogP contribution < -0.4 is 0 Å². The van der Waals surface area contributed by atoms with Crippen LogP contribution in [0.5, 0.6) is 0 Å². The summed E-state index contributed by atoms with van der Waals surface area (Å²) in [6, 6.07) is -0.0129. The van der Waals surface area contributed by atoms with Gasteiger partial charge >= 0.3 is 0 Å². The predicted octanol–water partition coefficient (Wildman–Crippen LogP) is 2.09. The second-order valence-electron chi connectivity index (χ2n) is 7.86. The molecule has 0 spiro atoms. The van der Waals surface area contributed by atoms with Gasteiger partial charge in [0.05, 0.1) is 6.04 Å². The molecular weight excluding hydrogens is 358 g/mol. The first kappa shape index (κ1) is 20.4. The largest absolute Gasteiger partial charge is 0.340 e. The van der Waals surface area contributed by atoms with Crippen LogP contribution in [0.4, 0.5) is 0 Å². The van der Waals surface area contributed by atoms with Crippen molar-refractivity contribution >= 4 is 17.7 Å². The van der Waals surface area contributed by atoms with E-state index in [-0.39, 0.29) is 6.04 Å². The second-order valence-corrected chi connectivity index (χ2v) is 9.13. The number of likely N-dealkylation sites (tertiary alicyclic amines) is 1. The molecule has 2 aliphatic rings. The van der Waals surface area contributed by atoms with Crippen molar-refractivity contribution in [1.82, 2.24) is 24.3 Å². The normalized spacial score (nSPS) is 25.8. The molecule has 0 aliphatic carbocycles. The molecular formula is C20H33N5OS. The summed E-state index contributed by atoms with van der Waals surface area (Å²) in [5.74, 6) is 0.317. The van der Waals surface area contributed by atoms with Gasteiger partial charge < -0.3 is 14.4 Å². The lowest BCUT2D eigenvalue weighted by molar-refractivity contribution is -0.135. The van der Waals surface area contributed by atoms with Crippen LogP contribution in [0.15, 0.2) is 29.2 Å². The quantitative estimate of drug-likeness (QED) is 0.719. The number of hydrogen-bond acceptors (Lipinski definition) is 5. The molecule has 7 heteroatoms. The monoisotopic (exact) mass is 391 g/mol. The van der Waals surface area contributed by atoms with Crippen LogP contribution in [0, 0.1) is 0 Å². The molecule has 27 heavy (non-hydrogen) atoms. The lowest BCUT2D eigenvalue weighted by Gasteiger charge is -2.29. The molecule has 3 rings (SSSR count). The maximum atomic E-state index is 13.4. The highest BCUT2D eigenvalue weighted by atomic mass is 32.2. The van der Waals surface area contributed by atoms with Gasteiger partial charge in [0, 0.05) is 57.4 Å². The molecule has 1 amide bonds. The highest BCUT2D eigenvalue weighted by Crippen LogP contribution is 2.33. The number of rotatable bonds is 5. The van der Waals surface area contributed by atoms with E-state index in [1.54, 1.807) is 11.8 Å². The van der Waals surface area contributed by atoms with E-state index >= 15 is 0 Å².